The monoisotopic (exact) mass is 415 g/mol. The summed E-state index contributed by atoms with van der Waals surface area (Å²) < 4.78 is 5.50. The van der Waals surface area contributed by atoms with Gasteiger partial charge in [0.2, 0.25) is 0 Å². The Labute approximate surface area is 150 Å². The molecule has 0 heterocycles. The predicted molar refractivity (Wildman–Crippen MR) is 103 cm³/mol. The maximum atomic E-state index is 5.50. The molecule has 0 atom stereocenters. The topological polar surface area (TPSA) is 45.7 Å². The summed E-state index contributed by atoms with van der Waals surface area (Å²) in [5, 5.41) is 6.50. The number of nitrogens with zero attached hydrogens (tertiary/aromatic N) is 1. The van der Waals surface area contributed by atoms with Gasteiger partial charge in [0.05, 0.1) is 13.7 Å². The highest BCUT2D eigenvalue weighted by Gasteiger charge is 2.45. The highest BCUT2D eigenvalue weighted by atomic mass is 127. The summed E-state index contributed by atoms with van der Waals surface area (Å²) >= 11 is 0. The second-order valence-electron chi connectivity index (χ2n) is 5.35. The van der Waals surface area contributed by atoms with Gasteiger partial charge in [-0.05, 0) is 25.8 Å². The largest absolute Gasteiger partial charge is 0.496 e. The molecule has 0 unspecified atom stereocenters. The number of rotatable bonds is 7. The molecular formula is C17H26IN3O. The van der Waals surface area contributed by atoms with Crippen LogP contribution in [0.2, 0.25) is 0 Å². The van der Waals surface area contributed by atoms with Gasteiger partial charge in [0.1, 0.15) is 5.75 Å². The van der Waals surface area contributed by atoms with Crippen LogP contribution in [0.5, 0.6) is 5.75 Å². The summed E-state index contributed by atoms with van der Waals surface area (Å²) in [6, 6.07) is 8.27. The van der Waals surface area contributed by atoms with Crippen LogP contribution in [0.25, 0.3) is 0 Å². The second-order valence-corrected chi connectivity index (χ2v) is 5.35. The molecule has 1 aromatic rings. The molecule has 2 rings (SSSR count). The smallest absolute Gasteiger partial charge is 0.191 e. The Morgan fingerprint density at radius 1 is 1.36 bits per heavy atom. The minimum absolute atomic E-state index is 0. The van der Waals surface area contributed by atoms with Crippen LogP contribution in [0.3, 0.4) is 0 Å². The summed E-state index contributed by atoms with van der Waals surface area (Å²) in [5.41, 5.74) is 1.42. The normalized spacial score (nSPS) is 15.5. The number of aliphatic imine (C=N–C) groups is 1. The summed E-state index contributed by atoms with van der Waals surface area (Å²) in [6.45, 7) is 8.14. The third-order valence-corrected chi connectivity index (χ3v) is 3.83. The van der Waals surface area contributed by atoms with Crippen LogP contribution < -0.4 is 15.4 Å². The zero-order valence-electron chi connectivity index (χ0n) is 13.4. The molecule has 0 aromatic heterocycles. The maximum Gasteiger partial charge on any atom is 0.191 e. The van der Waals surface area contributed by atoms with Crippen molar-refractivity contribution in [1.82, 2.24) is 10.6 Å². The lowest BCUT2D eigenvalue weighted by Gasteiger charge is -2.18. The third-order valence-electron chi connectivity index (χ3n) is 3.83. The van der Waals surface area contributed by atoms with Gasteiger partial charge < -0.3 is 15.4 Å². The van der Waals surface area contributed by atoms with Gasteiger partial charge in [0.15, 0.2) is 5.96 Å². The lowest BCUT2D eigenvalue weighted by molar-refractivity contribution is 0.404. The van der Waals surface area contributed by atoms with Crippen molar-refractivity contribution in [3.63, 3.8) is 0 Å². The fourth-order valence-electron chi connectivity index (χ4n) is 2.49. The Kier molecular flexibility index (Phi) is 7.72. The molecule has 0 spiro atoms. The number of nitrogens with one attached hydrogen (secondary N) is 2. The van der Waals surface area contributed by atoms with Crippen molar-refractivity contribution < 1.29 is 4.74 Å². The standard InChI is InChI=1S/C17H25N3O.HI/c1-4-12-19-16(18-5-2)20-13-17(10-11-17)14-8-6-7-9-15(14)21-3;/h4,6-9H,1,5,10-13H2,2-3H3,(H2,18,19,20);1H. The van der Waals surface area contributed by atoms with Gasteiger partial charge in [-0.15, -0.1) is 30.6 Å². The van der Waals surface area contributed by atoms with Gasteiger partial charge in [-0.25, -0.2) is 0 Å². The van der Waals surface area contributed by atoms with E-state index in [2.05, 4.69) is 36.3 Å². The van der Waals surface area contributed by atoms with Crippen LogP contribution in [0, 0.1) is 0 Å². The van der Waals surface area contributed by atoms with Gasteiger partial charge in [-0.1, -0.05) is 24.3 Å². The Hall–Kier alpha value is -1.24. The zero-order chi connectivity index (χ0) is 15.1. The minimum atomic E-state index is 0. The van der Waals surface area contributed by atoms with Crippen LogP contribution in [-0.2, 0) is 5.41 Å². The molecule has 0 bridgehead atoms. The Bertz CT molecular complexity index is 512. The number of benzene rings is 1. The van der Waals surface area contributed by atoms with Crippen LogP contribution in [-0.4, -0.2) is 32.7 Å². The Balaban J connectivity index is 0.00000242. The molecule has 122 valence electrons. The van der Waals surface area contributed by atoms with Gasteiger partial charge in [0.25, 0.3) is 0 Å². The molecular weight excluding hydrogens is 389 g/mol. The van der Waals surface area contributed by atoms with Crippen LogP contribution in [0.15, 0.2) is 41.9 Å². The molecule has 1 aliphatic rings. The van der Waals surface area contributed by atoms with Crippen LogP contribution in [0.1, 0.15) is 25.3 Å². The van der Waals surface area contributed by atoms with Gasteiger partial charge in [-0.3, -0.25) is 4.99 Å². The van der Waals surface area contributed by atoms with E-state index in [1.807, 2.05) is 18.2 Å². The minimum Gasteiger partial charge on any atom is -0.496 e. The first-order valence-corrected chi connectivity index (χ1v) is 7.52. The molecule has 1 fully saturated rings. The number of hydrogen-bond acceptors (Lipinski definition) is 2. The molecule has 1 aliphatic carbocycles. The predicted octanol–water partition coefficient (Wildman–Crippen LogP) is 3.09. The third kappa shape index (κ3) is 4.63. The lowest BCUT2D eigenvalue weighted by atomic mass is 9.95. The maximum absolute atomic E-state index is 5.50. The lowest BCUT2D eigenvalue weighted by Crippen LogP contribution is -2.38. The van der Waals surface area contributed by atoms with Gasteiger partial charge in [0, 0.05) is 24.1 Å². The highest BCUT2D eigenvalue weighted by molar-refractivity contribution is 14.0. The summed E-state index contributed by atoms with van der Waals surface area (Å²) in [7, 11) is 1.73. The molecule has 4 nitrogen and oxygen atoms in total. The van der Waals surface area contributed by atoms with Gasteiger partial charge >= 0.3 is 0 Å². The summed E-state index contributed by atoms with van der Waals surface area (Å²) in [6.07, 6.45) is 4.16. The van der Waals surface area contributed by atoms with Crippen LogP contribution in [0.4, 0.5) is 0 Å². The SMILES string of the molecule is C=CCNC(=NCC1(c2ccccc2OC)CC1)NCC.I. The van der Waals surface area contributed by atoms with E-state index in [1.54, 1.807) is 7.11 Å². The van der Waals surface area contributed by atoms with E-state index in [1.165, 1.54) is 5.56 Å². The van der Waals surface area contributed by atoms with Crippen molar-refractivity contribution in [2.24, 2.45) is 4.99 Å². The van der Waals surface area contributed by atoms with E-state index in [9.17, 15) is 0 Å². The molecule has 0 saturated heterocycles. The first kappa shape index (κ1) is 18.8. The second kappa shape index (κ2) is 9.02. The van der Waals surface area contributed by atoms with E-state index in [4.69, 9.17) is 9.73 Å². The molecule has 1 aromatic carbocycles. The van der Waals surface area contributed by atoms with Crippen molar-refractivity contribution in [2.75, 3.05) is 26.7 Å². The first-order valence-electron chi connectivity index (χ1n) is 7.52. The van der Waals surface area contributed by atoms with Crippen LogP contribution >= 0.6 is 24.0 Å². The molecule has 2 N–H and O–H groups in total. The molecule has 0 aliphatic heterocycles. The molecule has 1 saturated carbocycles. The van der Waals surface area contributed by atoms with E-state index < -0.39 is 0 Å². The number of halogens is 1. The fourth-order valence-corrected chi connectivity index (χ4v) is 2.49. The van der Waals surface area contributed by atoms with E-state index in [0.29, 0.717) is 6.54 Å². The quantitative estimate of drug-likeness (QED) is 0.312. The van der Waals surface area contributed by atoms with Crippen molar-refractivity contribution in [1.29, 1.82) is 0 Å². The Morgan fingerprint density at radius 2 is 2.09 bits per heavy atom. The number of ether oxygens (including phenoxy) is 1. The average molecular weight is 415 g/mol. The summed E-state index contributed by atoms with van der Waals surface area (Å²) in [4.78, 5) is 4.73. The highest BCUT2D eigenvalue weighted by Crippen LogP contribution is 2.51. The fraction of sp³-hybridized carbons (Fsp3) is 0.471. The Morgan fingerprint density at radius 3 is 2.68 bits per heavy atom. The summed E-state index contributed by atoms with van der Waals surface area (Å²) in [5.74, 6) is 1.81. The molecule has 5 heteroatoms. The van der Waals surface area contributed by atoms with Crippen molar-refractivity contribution in [2.45, 2.75) is 25.2 Å². The molecule has 0 radical (unpaired) electrons. The van der Waals surface area contributed by atoms with Crippen molar-refractivity contribution in [3.8, 4) is 5.75 Å². The van der Waals surface area contributed by atoms with E-state index >= 15 is 0 Å². The number of methoxy groups -OCH3 is 1. The molecule has 0 amide bonds. The number of para-hydroxylation sites is 1. The first-order chi connectivity index (χ1) is 10.3. The zero-order valence-corrected chi connectivity index (χ0v) is 15.7. The van der Waals surface area contributed by atoms with Gasteiger partial charge in [-0.2, -0.15) is 0 Å². The number of hydrogen-bond donors (Lipinski definition) is 2. The number of guanidine groups is 1. The van der Waals surface area contributed by atoms with Crippen molar-refractivity contribution in [3.05, 3.63) is 42.5 Å². The molecule has 22 heavy (non-hydrogen) atoms. The van der Waals surface area contributed by atoms with E-state index in [0.717, 1.165) is 37.6 Å². The average Bonchev–Trinajstić information content (AvgIpc) is 3.31. The van der Waals surface area contributed by atoms with E-state index in [-0.39, 0.29) is 29.4 Å². The van der Waals surface area contributed by atoms with Crippen molar-refractivity contribution >= 4 is 29.9 Å².